The molecule has 0 aromatic heterocycles. The molecular weight excluding hydrogens is 271 g/mol. The number of alkyl halides is 3. The molecule has 20 heavy (non-hydrogen) atoms. The number of nitrogen functional groups attached to an aromatic ring is 1. The average Bonchev–Trinajstić information content (AvgIpc) is 2.37. The number of rotatable bonds is 3. The minimum absolute atomic E-state index is 0.0737. The van der Waals surface area contributed by atoms with Crippen molar-refractivity contribution in [1.29, 1.82) is 0 Å². The highest BCUT2D eigenvalue weighted by Crippen LogP contribution is 2.25. The van der Waals surface area contributed by atoms with Crippen molar-refractivity contribution in [2.24, 2.45) is 0 Å². The number of para-hydroxylation sites is 1. The topological polar surface area (TPSA) is 52.3 Å². The van der Waals surface area contributed by atoms with Crippen molar-refractivity contribution in [3.63, 3.8) is 0 Å². The van der Waals surface area contributed by atoms with Gasteiger partial charge < -0.3 is 10.5 Å². The van der Waals surface area contributed by atoms with Gasteiger partial charge in [-0.05, 0) is 24.3 Å². The lowest BCUT2D eigenvalue weighted by Crippen LogP contribution is -2.17. The van der Waals surface area contributed by atoms with Gasteiger partial charge in [-0.15, -0.1) is 13.2 Å². The zero-order valence-corrected chi connectivity index (χ0v) is 10.1. The molecule has 0 fully saturated rings. The smallest absolute Gasteiger partial charge is 0.406 e. The first-order valence-corrected chi connectivity index (χ1v) is 5.62. The Labute approximate surface area is 112 Å². The van der Waals surface area contributed by atoms with E-state index in [0.29, 0.717) is 0 Å². The number of carbonyl (C=O) groups excluding carboxylic acids is 1. The summed E-state index contributed by atoms with van der Waals surface area (Å²) in [5, 5.41) is 0. The van der Waals surface area contributed by atoms with Crippen LogP contribution in [0, 0.1) is 0 Å². The molecule has 0 saturated carbocycles. The molecule has 0 heterocycles. The van der Waals surface area contributed by atoms with Crippen LogP contribution in [0.4, 0.5) is 18.9 Å². The largest absolute Gasteiger partial charge is 0.573 e. The number of hydrogen-bond donors (Lipinski definition) is 1. The Hall–Kier alpha value is -2.50. The molecule has 0 spiro atoms. The van der Waals surface area contributed by atoms with Gasteiger partial charge in [0.2, 0.25) is 0 Å². The Bertz CT molecular complexity index is 638. The Balaban J connectivity index is 2.32. The van der Waals surface area contributed by atoms with Gasteiger partial charge in [0.25, 0.3) is 0 Å². The second-order valence-corrected chi connectivity index (χ2v) is 3.99. The van der Waals surface area contributed by atoms with Crippen molar-refractivity contribution in [3.8, 4) is 5.75 Å². The number of halogens is 3. The Morgan fingerprint density at radius 3 is 2.40 bits per heavy atom. The summed E-state index contributed by atoms with van der Waals surface area (Å²) in [6.45, 7) is 0. The fraction of sp³-hybridized carbons (Fsp3) is 0.0714. The maximum absolute atomic E-state index is 12.2. The molecule has 104 valence electrons. The molecular formula is C14H10F3NO2. The van der Waals surface area contributed by atoms with Gasteiger partial charge in [0.1, 0.15) is 5.75 Å². The number of ether oxygens (including phenoxy) is 1. The summed E-state index contributed by atoms with van der Waals surface area (Å²) >= 11 is 0. The molecule has 2 N–H and O–H groups in total. The van der Waals surface area contributed by atoms with Crippen LogP contribution in [-0.2, 0) is 0 Å². The molecule has 0 amide bonds. The van der Waals surface area contributed by atoms with E-state index in [4.69, 9.17) is 5.73 Å². The zero-order chi connectivity index (χ0) is 14.8. The van der Waals surface area contributed by atoms with E-state index >= 15 is 0 Å². The Kier molecular flexibility index (Phi) is 3.65. The molecule has 0 bridgehead atoms. The van der Waals surface area contributed by atoms with Crippen LogP contribution in [0.15, 0.2) is 48.5 Å². The molecule has 0 aliphatic carbocycles. The number of benzene rings is 2. The van der Waals surface area contributed by atoms with Crippen LogP contribution in [0.1, 0.15) is 15.9 Å². The van der Waals surface area contributed by atoms with Gasteiger partial charge in [-0.2, -0.15) is 0 Å². The van der Waals surface area contributed by atoms with Crippen molar-refractivity contribution in [1.82, 2.24) is 0 Å². The first kappa shape index (κ1) is 13.9. The van der Waals surface area contributed by atoms with Crippen molar-refractivity contribution in [2.45, 2.75) is 6.36 Å². The highest BCUT2D eigenvalue weighted by molar-refractivity contribution is 6.12. The summed E-state index contributed by atoms with van der Waals surface area (Å²) < 4.78 is 40.2. The molecule has 2 aromatic carbocycles. The van der Waals surface area contributed by atoms with Crippen LogP contribution in [0.25, 0.3) is 0 Å². The number of carbonyl (C=O) groups is 1. The fourth-order valence-electron chi connectivity index (χ4n) is 1.69. The lowest BCUT2D eigenvalue weighted by atomic mass is 10.0. The molecule has 6 heteroatoms. The van der Waals surface area contributed by atoms with Gasteiger partial charge in [-0.25, -0.2) is 0 Å². The third kappa shape index (κ3) is 3.28. The van der Waals surface area contributed by atoms with Crippen molar-refractivity contribution < 1.29 is 22.7 Å². The number of anilines is 1. The average molecular weight is 281 g/mol. The second kappa shape index (κ2) is 5.24. The molecule has 2 rings (SSSR count). The van der Waals surface area contributed by atoms with Crippen molar-refractivity contribution in [2.75, 3.05) is 5.73 Å². The van der Waals surface area contributed by atoms with Gasteiger partial charge in [0.15, 0.2) is 5.78 Å². The highest BCUT2D eigenvalue weighted by atomic mass is 19.4. The Morgan fingerprint density at radius 2 is 1.75 bits per heavy atom. The summed E-state index contributed by atoms with van der Waals surface area (Å²) in [7, 11) is 0. The lowest BCUT2D eigenvalue weighted by Gasteiger charge is -2.10. The van der Waals surface area contributed by atoms with Crippen LogP contribution in [0.5, 0.6) is 5.75 Å². The first-order valence-electron chi connectivity index (χ1n) is 5.62. The van der Waals surface area contributed by atoms with Crippen LogP contribution < -0.4 is 10.5 Å². The van der Waals surface area contributed by atoms with E-state index in [1.165, 1.54) is 18.2 Å². The number of ketones is 1. The maximum Gasteiger partial charge on any atom is 0.573 e. The van der Waals surface area contributed by atoms with E-state index in [-0.39, 0.29) is 16.8 Å². The summed E-state index contributed by atoms with van der Waals surface area (Å²) in [4.78, 5) is 12.2. The SMILES string of the molecule is Nc1ccccc1C(=O)c1cccc(OC(F)(F)F)c1. The summed E-state index contributed by atoms with van der Waals surface area (Å²) in [5.41, 5.74) is 6.24. The van der Waals surface area contributed by atoms with Crippen LogP contribution >= 0.6 is 0 Å². The molecule has 0 radical (unpaired) electrons. The number of nitrogens with two attached hydrogens (primary N) is 1. The van der Waals surface area contributed by atoms with Gasteiger partial charge >= 0.3 is 6.36 Å². The third-order valence-corrected chi connectivity index (χ3v) is 2.54. The van der Waals surface area contributed by atoms with Gasteiger partial charge in [-0.1, -0.05) is 24.3 Å². The Morgan fingerprint density at radius 1 is 1.05 bits per heavy atom. The van der Waals surface area contributed by atoms with E-state index < -0.39 is 17.9 Å². The molecule has 0 saturated heterocycles. The molecule has 2 aromatic rings. The quantitative estimate of drug-likeness (QED) is 0.693. The predicted molar refractivity (Wildman–Crippen MR) is 67.4 cm³/mol. The second-order valence-electron chi connectivity index (χ2n) is 3.99. The standard InChI is InChI=1S/C14H10F3NO2/c15-14(16,17)20-10-5-3-4-9(8-10)13(19)11-6-1-2-7-12(11)18/h1-8H,18H2. The molecule has 0 aliphatic heterocycles. The van der Waals surface area contributed by atoms with Gasteiger partial charge in [-0.3, -0.25) is 4.79 Å². The summed E-state index contributed by atoms with van der Waals surface area (Å²) in [5.74, 6) is -0.909. The minimum atomic E-state index is -4.80. The van der Waals surface area contributed by atoms with Crippen LogP contribution in [0.2, 0.25) is 0 Å². The molecule has 3 nitrogen and oxygen atoms in total. The predicted octanol–water partition coefficient (Wildman–Crippen LogP) is 3.40. The molecule has 0 atom stereocenters. The minimum Gasteiger partial charge on any atom is -0.406 e. The number of hydrogen-bond acceptors (Lipinski definition) is 3. The van der Waals surface area contributed by atoms with E-state index in [1.54, 1.807) is 18.2 Å². The van der Waals surface area contributed by atoms with Gasteiger partial charge in [0.05, 0.1) is 0 Å². The van der Waals surface area contributed by atoms with E-state index in [2.05, 4.69) is 4.74 Å². The monoisotopic (exact) mass is 281 g/mol. The normalized spacial score (nSPS) is 11.2. The van der Waals surface area contributed by atoms with E-state index in [9.17, 15) is 18.0 Å². The summed E-state index contributed by atoms with van der Waals surface area (Å²) in [6.07, 6.45) is -4.80. The molecule has 0 unspecified atom stereocenters. The van der Waals surface area contributed by atoms with Crippen LogP contribution in [0.3, 0.4) is 0 Å². The van der Waals surface area contributed by atoms with Gasteiger partial charge in [0, 0.05) is 16.8 Å². The summed E-state index contributed by atoms with van der Waals surface area (Å²) in [6, 6.07) is 11.2. The van der Waals surface area contributed by atoms with E-state index in [1.807, 2.05) is 0 Å². The maximum atomic E-state index is 12.2. The molecule has 0 aliphatic rings. The lowest BCUT2D eigenvalue weighted by molar-refractivity contribution is -0.274. The highest BCUT2D eigenvalue weighted by Gasteiger charge is 2.31. The zero-order valence-electron chi connectivity index (χ0n) is 10.1. The van der Waals surface area contributed by atoms with Crippen molar-refractivity contribution in [3.05, 3.63) is 59.7 Å². The van der Waals surface area contributed by atoms with Crippen LogP contribution in [-0.4, -0.2) is 12.1 Å². The van der Waals surface area contributed by atoms with E-state index in [0.717, 1.165) is 12.1 Å². The van der Waals surface area contributed by atoms with Crippen molar-refractivity contribution >= 4 is 11.5 Å². The first-order chi connectivity index (χ1) is 9.37. The third-order valence-electron chi connectivity index (χ3n) is 2.54. The fourth-order valence-corrected chi connectivity index (χ4v) is 1.69.